The first-order valence-electron chi connectivity index (χ1n) is 3.81. The third-order valence-electron chi connectivity index (χ3n) is 1.77. The number of halogens is 2. The fraction of sp³-hybridized carbons (Fsp3) is 0.333. The molecule has 0 fully saturated rings. The Labute approximate surface area is 83.3 Å². The van der Waals surface area contributed by atoms with Crippen LogP contribution in [0.5, 0.6) is 5.75 Å². The van der Waals surface area contributed by atoms with Crippen LogP contribution in [0.3, 0.4) is 0 Å². The molecule has 2 nitrogen and oxygen atoms in total. The molecule has 4 heteroatoms. The number of quaternary nitrogens is 1. The van der Waals surface area contributed by atoms with Gasteiger partial charge < -0.3 is 22.9 Å². The third kappa shape index (κ3) is 3.20. The summed E-state index contributed by atoms with van der Waals surface area (Å²) in [6.45, 7) is -0.424. The molecule has 1 aromatic carbocycles. The lowest BCUT2D eigenvalue weighted by Gasteiger charge is -2.04. The van der Waals surface area contributed by atoms with Gasteiger partial charge in [-0.15, -0.1) is 0 Å². The van der Waals surface area contributed by atoms with Crippen LogP contribution in [0.15, 0.2) is 24.3 Å². The van der Waals surface area contributed by atoms with Crippen molar-refractivity contribution in [2.24, 2.45) is 0 Å². The summed E-state index contributed by atoms with van der Waals surface area (Å²) in [5.41, 5.74) is 4.57. The normalized spacial score (nSPS) is 11.6. The van der Waals surface area contributed by atoms with Crippen LogP contribution >= 0.6 is 0 Å². The molecule has 0 amide bonds. The van der Waals surface area contributed by atoms with E-state index in [1.165, 1.54) is 0 Å². The third-order valence-corrected chi connectivity index (χ3v) is 1.77. The van der Waals surface area contributed by atoms with Crippen molar-refractivity contribution in [2.75, 3.05) is 13.8 Å². The summed E-state index contributed by atoms with van der Waals surface area (Å²) in [5.74, 6) is 0.782. The zero-order valence-electron chi connectivity index (χ0n) is 7.47. The minimum absolute atomic E-state index is 0. The Bertz CT molecular complexity index is 240. The van der Waals surface area contributed by atoms with Crippen molar-refractivity contribution < 1.29 is 27.3 Å². The van der Waals surface area contributed by atoms with Gasteiger partial charge in [-0.05, 0) is 24.3 Å². The SMILES string of the molecule is COc1ccc([C@H]([NH3+])CF)cc1.[Cl-]. The number of hydrogen-bond donors (Lipinski definition) is 1. The second-order valence-electron chi connectivity index (χ2n) is 2.62. The second kappa shape index (κ2) is 5.78. The van der Waals surface area contributed by atoms with Crippen LogP contribution in [0.25, 0.3) is 0 Å². The van der Waals surface area contributed by atoms with Crippen molar-refractivity contribution in [1.82, 2.24) is 0 Å². The first-order valence-corrected chi connectivity index (χ1v) is 3.81. The maximum Gasteiger partial charge on any atom is 0.145 e. The van der Waals surface area contributed by atoms with Crippen molar-refractivity contribution in [1.29, 1.82) is 0 Å². The highest BCUT2D eigenvalue weighted by atomic mass is 35.5. The Morgan fingerprint density at radius 3 is 2.31 bits per heavy atom. The van der Waals surface area contributed by atoms with E-state index >= 15 is 0 Å². The Balaban J connectivity index is 0.00000144. The molecule has 0 spiro atoms. The monoisotopic (exact) mass is 205 g/mol. The first kappa shape index (κ1) is 12.2. The molecule has 13 heavy (non-hydrogen) atoms. The van der Waals surface area contributed by atoms with Crippen LogP contribution in [0.1, 0.15) is 11.6 Å². The fourth-order valence-corrected chi connectivity index (χ4v) is 0.965. The highest BCUT2D eigenvalue weighted by Gasteiger charge is 2.07. The van der Waals surface area contributed by atoms with Gasteiger partial charge >= 0.3 is 0 Å². The van der Waals surface area contributed by atoms with E-state index in [2.05, 4.69) is 5.73 Å². The lowest BCUT2D eigenvalue weighted by Crippen LogP contribution is -3.00. The van der Waals surface area contributed by atoms with Gasteiger partial charge in [-0.1, -0.05) is 0 Å². The van der Waals surface area contributed by atoms with Gasteiger partial charge in [-0.2, -0.15) is 0 Å². The van der Waals surface area contributed by atoms with Crippen molar-refractivity contribution >= 4 is 0 Å². The molecule has 0 saturated carbocycles. The highest BCUT2D eigenvalue weighted by molar-refractivity contribution is 5.28. The molecule has 0 bridgehead atoms. The zero-order valence-corrected chi connectivity index (χ0v) is 8.22. The lowest BCUT2D eigenvalue weighted by atomic mass is 10.1. The molecule has 0 aliphatic rings. The van der Waals surface area contributed by atoms with Gasteiger partial charge in [0.05, 0.1) is 7.11 Å². The molecule has 0 radical (unpaired) electrons. The Morgan fingerprint density at radius 1 is 1.38 bits per heavy atom. The fourth-order valence-electron chi connectivity index (χ4n) is 0.965. The predicted octanol–water partition coefficient (Wildman–Crippen LogP) is -2.05. The number of methoxy groups -OCH3 is 1. The second-order valence-corrected chi connectivity index (χ2v) is 2.62. The molecule has 74 valence electrons. The van der Waals surface area contributed by atoms with Gasteiger partial charge in [0.2, 0.25) is 0 Å². The molecule has 0 aliphatic carbocycles. The van der Waals surface area contributed by atoms with Crippen molar-refractivity contribution in [3.05, 3.63) is 29.8 Å². The quantitative estimate of drug-likeness (QED) is 0.606. The molecule has 3 N–H and O–H groups in total. The summed E-state index contributed by atoms with van der Waals surface area (Å²) in [6.07, 6.45) is 0. The van der Waals surface area contributed by atoms with Crippen LogP contribution in [-0.2, 0) is 0 Å². The van der Waals surface area contributed by atoms with E-state index < -0.39 is 6.67 Å². The Hall–Kier alpha value is -0.800. The summed E-state index contributed by atoms with van der Waals surface area (Å²) in [6, 6.07) is 7.01. The van der Waals surface area contributed by atoms with Crippen LogP contribution in [-0.4, -0.2) is 13.8 Å². The molecule has 1 atom stereocenters. The van der Waals surface area contributed by atoms with E-state index in [0.717, 1.165) is 11.3 Å². The summed E-state index contributed by atoms with van der Waals surface area (Å²) >= 11 is 0. The van der Waals surface area contributed by atoms with E-state index in [1.54, 1.807) is 7.11 Å². The van der Waals surface area contributed by atoms with Crippen molar-refractivity contribution in [2.45, 2.75) is 6.04 Å². The Morgan fingerprint density at radius 2 is 1.92 bits per heavy atom. The maximum atomic E-state index is 12.2. The van der Waals surface area contributed by atoms with Gasteiger partial charge in [-0.3, -0.25) is 0 Å². The van der Waals surface area contributed by atoms with Gasteiger partial charge in [0.15, 0.2) is 0 Å². The summed E-state index contributed by atoms with van der Waals surface area (Å²) < 4.78 is 17.1. The van der Waals surface area contributed by atoms with E-state index in [-0.39, 0.29) is 18.4 Å². The van der Waals surface area contributed by atoms with E-state index in [1.807, 2.05) is 24.3 Å². The molecular weight excluding hydrogens is 193 g/mol. The topological polar surface area (TPSA) is 36.9 Å². The molecular formula is C9H13ClFNO. The molecule has 0 aliphatic heterocycles. The largest absolute Gasteiger partial charge is 1.00 e. The minimum Gasteiger partial charge on any atom is -1.00 e. The number of rotatable bonds is 3. The van der Waals surface area contributed by atoms with Crippen molar-refractivity contribution in [3.63, 3.8) is 0 Å². The number of alkyl halides is 1. The van der Waals surface area contributed by atoms with Crippen molar-refractivity contribution in [3.8, 4) is 5.75 Å². The molecule has 0 unspecified atom stereocenters. The van der Waals surface area contributed by atoms with Gasteiger partial charge in [0.1, 0.15) is 18.5 Å². The van der Waals surface area contributed by atoms with E-state index in [4.69, 9.17) is 4.74 Å². The number of benzene rings is 1. The molecule has 1 aromatic rings. The van der Waals surface area contributed by atoms with E-state index in [9.17, 15) is 4.39 Å². The standard InChI is InChI=1S/C9H12FNO.ClH/c1-12-8-4-2-7(3-5-8)9(11)6-10;/h2-5,9H,6,11H2,1H3;1H/t9-;/m1./s1. The van der Waals surface area contributed by atoms with Crippen LogP contribution in [0.2, 0.25) is 0 Å². The predicted molar refractivity (Wildman–Crippen MR) is 44.6 cm³/mol. The Kier molecular flexibility index (Phi) is 5.42. The number of hydrogen-bond acceptors (Lipinski definition) is 1. The highest BCUT2D eigenvalue weighted by Crippen LogP contribution is 2.14. The number of ether oxygens (including phenoxy) is 1. The zero-order chi connectivity index (χ0) is 8.97. The average molecular weight is 206 g/mol. The smallest absolute Gasteiger partial charge is 0.145 e. The maximum absolute atomic E-state index is 12.2. The molecule has 0 aromatic heterocycles. The van der Waals surface area contributed by atoms with Gasteiger partial charge in [0, 0.05) is 5.56 Å². The van der Waals surface area contributed by atoms with Crippen LogP contribution in [0.4, 0.5) is 4.39 Å². The van der Waals surface area contributed by atoms with Crippen LogP contribution < -0.4 is 22.9 Å². The van der Waals surface area contributed by atoms with Crippen LogP contribution in [0, 0.1) is 0 Å². The summed E-state index contributed by atoms with van der Waals surface area (Å²) in [5, 5.41) is 0. The summed E-state index contributed by atoms with van der Waals surface area (Å²) in [4.78, 5) is 0. The first-order chi connectivity index (χ1) is 5.77. The summed E-state index contributed by atoms with van der Waals surface area (Å²) in [7, 11) is 1.60. The molecule has 1 rings (SSSR count). The lowest BCUT2D eigenvalue weighted by molar-refractivity contribution is -0.428. The molecule has 0 heterocycles. The van der Waals surface area contributed by atoms with Gasteiger partial charge in [-0.25, -0.2) is 4.39 Å². The minimum atomic E-state index is -0.424. The van der Waals surface area contributed by atoms with Gasteiger partial charge in [0.25, 0.3) is 0 Å². The average Bonchev–Trinajstić information content (AvgIpc) is 2.17. The molecule has 0 saturated heterocycles. The van der Waals surface area contributed by atoms with E-state index in [0.29, 0.717) is 0 Å².